The monoisotopic (exact) mass is 632 g/mol. The van der Waals surface area contributed by atoms with Crippen molar-refractivity contribution in [2.75, 3.05) is 44.3 Å². The molecule has 5 N–H and O–H groups in total. The van der Waals surface area contributed by atoms with Crippen LogP contribution in [0.4, 0.5) is 10.3 Å². The number of rotatable bonds is 17. The van der Waals surface area contributed by atoms with Gasteiger partial charge in [0.25, 0.3) is 0 Å². The van der Waals surface area contributed by atoms with Crippen molar-refractivity contribution in [3.05, 3.63) is 53.1 Å². The van der Waals surface area contributed by atoms with Crippen LogP contribution in [0.1, 0.15) is 62.1 Å². The van der Waals surface area contributed by atoms with Gasteiger partial charge in [0.15, 0.2) is 0 Å². The molecule has 2 aliphatic rings. The topological polar surface area (TPSA) is 160 Å². The number of nitrogens with zero attached hydrogens (tertiary/aromatic N) is 4. The summed E-state index contributed by atoms with van der Waals surface area (Å²) in [6.07, 6.45) is 3.35. The third kappa shape index (κ3) is 10.1. The second kappa shape index (κ2) is 17.3. The van der Waals surface area contributed by atoms with E-state index in [0.29, 0.717) is 44.2 Å². The van der Waals surface area contributed by atoms with Crippen LogP contribution in [-0.4, -0.2) is 110 Å². The lowest BCUT2D eigenvalue weighted by Crippen LogP contribution is -2.50. The van der Waals surface area contributed by atoms with E-state index in [1.54, 1.807) is 11.0 Å². The number of aromatic nitrogens is 2. The molecule has 12 heteroatoms. The van der Waals surface area contributed by atoms with Crippen LogP contribution < -0.4 is 4.90 Å². The number of halogens is 1. The van der Waals surface area contributed by atoms with Crippen molar-refractivity contribution in [2.24, 2.45) is 11.8 Å². The second-order valence-corrected chi connectivity index (χ2v) is 12.5. The highest BCUT2D eigenvalue weighted by atomic mass is 19.1. The summed E-state index contributed by atoms with van der Waals surface area (Å²) in [5.41, 5.74) is 2.23. The van der Waals surface area contributed by atoms with Gasteiger partial charge >= 0.3 is 0 Å². The van der Waals surface area contributed by atoms with E-state index in [9.17, 15) is 29.6 Å². The van der Waals surface area contributed by atoms with Crippen LogP contribution in [0.15, 0.2) is 30.6 Å². The number of aliphatic hydroxyl groups excluding tert-OH is 5. The Hall–Kier alpha value is -2.74. The van der Waals surface area contributed by atoms with Crippen molar-refractivity contribution in [1.82, 2.24) is 14.9 Å². The van der Waals surface area contributed by atoms with Gasteiger partial charge in [0.2, 0.25) is 11.9 Å². The molecular formula is C33H49FN4O7. The standard InChI is InChI=1S/C33H49FN4O7/c1-2-22-16-35-33(36-17-22)37-11-8-23(9-12-37)10-13-45-21-24-6-7-26(27(34)14-24)15-30(42)38-18-25(19-38)4-3-5-28(40)31(43)32(44)29(41)20-39/h6-7,14,16-17,23,25,28-29,31-32,39-41,43-44H,2-5,8-13,15,18-21H2,1H3/t28-,29+,31+,32+/m1/s1. The molecule has 0 bridgehead atoms. The largest absolute Gasteiger partial charge is 0.394 e. The lowest BCUT2D eigenvalue weighted by molar-refractivity contribution is -0.137. The SMILES string of the molecule is CCc1cnc(N2CCC(CCOCc3ccc(CC(=O)N4CC(CCC[C@@H](O)[C@H](O)[C@@H](O)[C@@H](O)CO)C4)c(F)c3)CC2)nc1. The highest BCUT2D eigenvalue weighted by molar-refractivity contribution is 5.79. The number of benzene rings is 1. The van der Waals surface area contributed by atoms with E-state index in [4.69, 9.17) is 9.84 Å². The maximum absolute atomic E-state index is 14.8. The molecule has 0 unspecified atom stereocenters. The molecule has 1 aromatic heterocycles. The van der Waals surface area contributed by atoms with Crippen LogP contribution in [0.25, 0.3) is 0 Å². The van der Waals surface area contributed by atoms with Gasteiger partial charge in [-0.15, -0.1) is 0 Å². The van der Waals surface area contributed by atoms with Gasteiger partial charge in [-0.1, -0.05) is 25.5 Å². The number of piperidine rings is 1. The Bertz CT molecular complexity index is 1190. The molecule has 2 aliphatic heterocycles. The zero-order valence-corrected chi connectivity index (χ0v) is 26.2. The lowest BCUT2D eigenvalue weighted by atomic mass is 9.91. The van der Waals surface area contributed by atoms with Gasteiger partial charge < -0.3 is 40.1 Å². The lowest BCUT2D eigenvalue weighted by Gasteiger charge is -2.39. The van der Waals surface area contributed by atoms with E-state index in [1.807, 2.05) is 18.5 Å². The molecule has 2 fully saturated rings. The van der Waals surface area contributed by atoms with Crippen molar-refractivity contribution in [3.8, 4) is 0 Å². The third-order valence-corrected chi connectivity index (χ3v) is 9.14. The molecule has 1 amide bonds. The summed E-state index contributed by atoms with van der Waals surface area (Å²) in [6, 6.07) is 4.91. The number of likely N-dealkylation sites (tertiary alicyclic amines) is 1. The molecule has 0 saturated carbocycles. The maximum Gasteiger partial charge on any atom is 0.227 e. The molecule has 250 valence electrons. The second-order valence-electron chi connectivity index (χ2n) is 12.5. The number of amides is 1. The first-order chi connectivity index (χ1) is 21.7. The van der Waals surface area contributed by atoms with E-state index >= 15 is 0 Å². The van der Waals surface area contributed by atoms with Crippen LogP contribution in [0.2, 0.25) is 0 Å². The number of hydrogen-bond acceptors (Lipinski definition) is 10. The van der Waals surface area contributed by atoms with Gasteiger partial charge in [-0.3, -0.25) is 4.79 Å². The molecule has 1 aromatic carbocycles. The molecule has 2 aromatic rings. The quantitative estimate of drug-likeness (QED) is 0.162. The Balaban J connectivity index is 1.08. The molecule has 4 atom stereocenters. The first-order valence-corrected chi connectivity index (χ1v) is 16.2. The molecule has 45 heavy (non-hydrogen) atoms. The Kier molecular flexibility index (Phi) is 13.5. The molecule has 0 radical (unpaired) electrons. The smallest absolute Gasteiger partial charge is 0.227 e. The van der Waals surface area contributed by atoms with Crippen LogP contribution in [0.5, 0.6) is 0 Å². The average molecular weight is 633 g/mol. The van der Waals surface area contributed by atoms with Gasteiger partial charge in [0, 0.05) is 45.2 Å². The highest BCUT2D eigenvalue weighted by Gasteiger charge is 2.32. The summed E-state index contributed by atoms with van der Waals surface area (Å²) in [6.45, 7) is 5.27. The van der Waals surface area contributed by atoms with Crippen LogP contribution in [0, 0.1) is 17.7 Å². The van der Waals surface area contributed by atoms with Gasteiger partial charge in [0.1, 0.15) is 24.1 Å². The van der Waals surface area contributed by atoms with Gasteiger partial charge in [-0.25, -0.2) is 14.4 Å². The minimum atomic E-state index is -1.63. The zero-order valence-electron chi connectivity index (χ0n) is 26.2. The van der Waals surface area contributed by atoms with E-state index in [2.05, 4.69) is 21.8 Å². The van der Waals surface area contributed by atoms with Gasteiger partial charge in [0.05, 0.1) is 25.7 Å². The first kappa shape index (κ1) is 35.1. The minimum absolute atomic E-state index is 0.0118. The predicted molar refractivity (Wildman–Crippen MR) is 166 cm³/mol. The van der Waals surface area contributed by atoms with E-state index in [-0.39, 0.29) is 24.7 Å². The zero-order chi connectivity index (χ0) is 32.3. The predicted octanol–water partition coefficient (Wildman–Crippen LogP) is 1.61. The molecule has 2 saturated heterocycles. The van der Waals surface area contributed by atoms with Crippen molar-refractivity contribution in [3.63, 3.8) is 0 Å². The summed E-state index contributed by atoms with van der Waals surface area (Å²) in [4.78, 5) is 25.6. The van der Waals surface area contributed by atoms with Gasteiger partial charge in [-0.05, 0) is 73.1 Å². The number of hydrogen-bond donors (Lipinski definition) is 5. The normalized spacial score (nSPS) is 18.8. The molecule has 11 nitrogen and oxygen atoms in total. The summed E-state index contributed by atoms with van der Waals surface area (Å²) < 4.78 is 20.7. The molecule has 3 heterocycles. The number of ether oxygens (including phenoxy) is 1. The summed E-state index contributed by atoms with van der Waals surface area (Å²) in [5, 5.41) is 47.9. The highest BCUT2D eigenvalue weighted by Crippen LogP contribution is 2.25. The number of aliphatic hydroxyl groups is 5. The molecule has 0 aliphatic carbocycles. The van der Waals surface area contributed by atoms with Crippen molar-refractivity contribution in [1.29, 1.82) is 0 Å². The number of carbonyl (C=O) groups excluding carboxylic acids is 1. The third-order valence-electron chi connectivity index (χ3n) is 9.14. The number of aryl methyl sites for hydroxylation is 1. The van der Waals surface area contributed by atoms with Crippen LogP contribution >= 0.6 is 0 Å². The summed E-state index contributed by atoms with van der Waals surface area (Å²) in [5.74, 6) is 1.07. The van der Waals surface area contributed by atoms with Crippen molar-refractivity contribution in [2.45, 2.75) is 89.3 Å². The minimum Gasteiger partial charge on any atom is -0.394 e. The fourth-order valence-corrected chi connectivity index (χ4v) is 5.96. The van der Waals surface area contributed by atoms with Crippen molar-refractivity contribution >= 4 is 11.9 Å². The summed E-state index contributed by atoms with van der Waals surface area (Å²) in [7, 11) is 0. The Morgan fingerprint density at radius 2 is 1.69 bits per heavy atom. The Morgan fingerprint density at radius 1 is 1.00 bits per heavy atom. The number of carbonyl (C=O) groups is 1. The van der Waals surface area contributed by atoms with Crippen LogP contribution in [-0.2, 0) is 29.0 Å². The Labute approximate surface area is 264 Å². The average Bonchev–Trinajstić information content (AvgIpc) is 3.04. The fraction of sp³-hybridized carbons (Fsp3) is 0.667. The van der Waals surface area contributed by atoms with Gasteiger partial charge in [-0.2, -0.15) is 0 Å². The van der Waals surface area contributed by atoms with E-state index in [1.165, 1.54) is 6.07 Å². The summed E-state index contributed by atoms with van der Waals surface area (Å²) >= 11 is 0. The fourth-order valence-electron chi connectivity index (χ4n) is 5.96. The van der Waals surface area contributed by atoms with Crippen molar-refractivity contribution < 1.29 is 39.5 Å². The van der Waals surface area contributed by atoms with E-state index in [0.717, 1.165) is 62.3 Å². The first-order valence-electron chi connectivity index (χ1n) is 16.2. The molecule has 4 rings (SSSR count). The van der Waals surface area contributed by atoms with Crippen LogP contribution in [0.3, 0.4) is 0 Å². The van der Waals surface area contributed by atoms with E-state index < -0.39 is 36.8 Å². The number of anilines is 1. The maximum atomic E-state index is 14.8. The molecular weight excluding hydrogens is 583 g/mol. The Morgan fingerprint density at radius 3 is 2.33 bits per heavy atom. The molecule has 0 spiro atoms.